The van der Waals surface area contributed by atoms with Crippen LogP contribution in [0, 0.1) is 0 Å². The van der Waals surface area contributed by atoms with Crippen LogP contribution < -0.4 is 14.9 Å². The highest BCUT2D eigenvalue weighted by Crippen LogP contribution is 2.29. The van der Waals surface area contributed by atoms with Gasteiger partial charge in [-0.2, -0.15) is 5.10 Å². The SMILES string of the molecule is CC/C(=N\NC(=O)CSc1nc2ccccc2s1)c1ccc(OC)c(OC)c1. The summed E-state index contributed by atoms with van der Waals surface area (Å²) in [6, 6.07) is 13.5. The summed E-state index contributed by atoms with van der Waals surface area (Å²) in [6.45, 7) is 1.98. The van der Waals surface area contributed by atoms with Crippen molar-refractivity contribution in [2.24, 2.45) is 5.10 Å². The summed E-state index contributed by atoms with van der Waals surface area (Å²) < 4.78 is 12.6. The molecular weight excluding hydrogens is 394 g/mol. The van der Waals surface area contributed by atoms with Crippen LogP contribution in [0.15, 0.2) is 51.9 Å². The molecule has 0 spiro atoms. The van der Waals surface area contributed by atoms with Crippen LogP contribution in [0.3, 0.4) is 0 Å². The number of hydrazone groups is 1. The summed E-state index contributed by atoms with van der Waals surface area (Å²) in [5.74, 6) is 1.36. The zero-order valence-corrected chi connectivity index (χ0v) is 17.5. The van der Waals surface area contributed by atoms with Crippen LogP contribution in [0.5, 0.6) is 11.5 Å². The highest BCUT2D eigenvalue weighted by Gasteiger charge is 2.10. The quantitative estimate of drug-likeness (QED) is 0.337. The first-order chi connectivity index (χ1) is 13.6. The van der Waals surface area contributed by atoms with Crippen molar-refractivity contribution in [3.8, 4) is 11.5 Å². The molecule has 0 aliphatic heterocycles. The molecule has 0 atom stereocenters. The number of rotatable bonds is 8. The number of nitrogens with one attached hydrogen (secondary N) is 1. The molecule has 146 valence electrons. The molecular formula is C20H21N3O3S2. The zero-order valence-electron chi connectivity index (χ0n) is 15.9. The molecule has 28 heavy (non-hydrogen) atoms. The van der Waals surface area contributed by atoms with Gasteiger partial charge in [0.15, 0.2) is 15.8 Å². The largest absolute Gasteiger partial charge is 0.493 e. The Morgan fingerprint density at radius 3 is 2.68 bits per heavy atom. The van der Waals surface area contributed by atoms with Gasteiger partial charge in [-0.1, -0.05) is 30.8 Å². The first kappa shape index (κ1) is 20.2. The number of nitrogens with zero attached hydrogens (tertiary/aromatic N) is 2. The van der Waals surface area contributed by atoms with Gasteiger partial charge in [-0.25, -0.2) is 10.4 Å². The molecule has 0 saturated heterocycles. The molecule has 3 aromatic rings. The molecule has 0 aliphatic carbocycles. The average molecular weight is 416 g/mol. The van der Waals surface area contributed by atoms with E-state index in [1.165, 1.54) is 11.8 Å². The minimum absolute atomic E-state index is 0.171. The Labute approximate surface area is 172 Å². The molecule has 0 aliphatic rings. The number of amides is 1. The Kier molecular flexibility index (Phi) is 6.89. The van der Waals surface area contributed by atoms with Gasteiger partial charge in [0.1, 0.15) is 0 Å². The second-order valence-electron chi connectivity index (χ2n) is 5.75. The van der Waals surface area contributed by atoms with Crippen LogP contribution in [0.4, 0.5) is 0 Å². The molecule has 0 radical (unpaired) electrons. The lowest BCUT2D eigenvalue weighted by molar-refractivity contribution is -0.118. The second kappa shape index (κ2) is 9.57. The highest BCUT2D eigenvalue weighted by atomic mass is 32.2. The maximum Gasteiger partial charge on any atom is 0.250 e. The van der Waals surface area contributed by atoms with E-state index < -0.39 is 0 Å². The smallest absolute Gasteiger partial charge is 0.250 e. The normalized spacial score (nSPS) is 11.5. The van der Waals surface area contributed by atoms with Gasteiger partial charge in [0, 0.05) is 5.56 Å². The molecule has 8 heteroatoms. The third-order valence-electron chi connectivity index (χ3n) is 3.97. The van der Waals surface area contributed by atoms with E-state index in [0.29, 0.717) is 17.9 Å². The fourth-order valence-corrected chi connectivity index (χ4v) is 4.43. The standard InChI is InChI=1S/C20H21N3O3S2/c1-4-14(13-9-10-16(25-2)17(11-13)26-3)22-23-19(24)12-27-20-21-15-7-5-6-8-18(15)28-20/h5-11H,4,12H2,1-3H3,(H,23,24)/b22-14+. The van der Waals surface area contributed by atoms with Crippen molar-refractivity contribution in [2.75, 3.05) is 20.0 Å². The van der Waals surface area contributed by atoms with Crippen molar-refractivity contribution in [3.63, 3.8) is 0 Å². The van der Waals surface area contributed by atoms with E-state index in [1.54, 1.807) is 25.6 Å². The predicted octanol–water partition coefficient (Wildman–Crippen LogP) is 4.34. The monoisotopic (exact) mass is 415 g/mol. The fraction of sp³-hybridized carbons (Fsp3) is 0.250. The number of thiazole rings is 1. The minimum atomic E-state index is -0.171. The second-order valence-corrected chi connectivity index (χ2v) is 8.01. The predicted molar refractivity (Wildman–Crippen MR) is 115 cm³/mol. The maximum absolute atomic E-state index is 12.2. The van der Waals surface area contributed by atoms with Gasteiger partial charge < -0.3 is 9.47 Å². The lowest BCUT2D eigenvalue weighted by Gasteiger charge is -2.10. The number of benzene rings is 2. The van der Waals surface area contributed by atoms with Crippen molar-refractivity contribution in [1.29, 1.82) is 0 Å². The number of aromatic nitrogens is 1. The van der Waals surface area contributed by atoms with Crippen molar-refractivity contribution in [2.45, 2.75) is 17.7 Å². The topological polar surface area (TPSA) is 72.8 Å². The van der Waals surface area contributed by atoms with E-state index in [2.05, 4.69) is 15.5 Å². The Balaban J connectivity index is 1.62. The molecule has 1 amide bonds. The first-order valence-electron chi connectivity index (χ1n) is 8.70. The number of carbonyl (C=O) groups is 1. The van der Waals surface area contributed by atoms with Gasteiger partial charge in [0.05, 0.1) is 35.9 Å². The molecule has 0 unspecified atom stereocenters. The number of methoxy groups -OCH3 is 2. The van der Waals surface area contributed by atoms with E-state index in [4.69, 9.17) is 9.47 Å². The molecule has 3 rings (SSSR count). The van der Waals surface area contributed by atoms with E-state index in [-0.39, 0.29) is 11.7 Å². The van der Waals surface area contributed by atoms with Crippen molar-refractivity contribution in [1.82, 2.24) is 10.4 Å². The van der Waals surface area contributed by atoms with Crippen LogP contribution in [0.25, 0.3) is 10.2 Å². The number of thioether (sulfide) groups is 1. The number of carbonyl (C=O) groups excluding carboxylic acids is 1. The van der Waals surface area contributed by atoms with Crippen molar-refractivity contribution < 1.29 is 14.3 Å². The van der Waals surface area contributed by atoms with Gasteiger partial charge in [-0.15, -0.1) is 11.3 Å². The number of para-hydroxylation sites is 1. The molecule has 1 aromatic heterocycles. The maximum atomic E-state index is 12.2. The summed E-state index contributed by atoms with van der Waals surface area (Å²) in [5, 5.41) is 4.29. The summed E-state index contributed by atoms with van der Waals surface area (Å²) in [6.07, 6.45) is 0.667. The molecule has 0 saturated carbocycles. The molecule has 0 fully saturated rings. The fourth-order valence-electron chi connectivity index (χ4n) is 2.57. The Bertz CT molecular complexity index is 968. The van der Waals surface area contributed by atoms with E-state index in [1.807, 2.05) is 49.4 Å². The Morgan fingerprint density at radius 2 is 1.96 bits per heavy atom. The summed E-state index contributed by atoms with van der Waals surface area (Å²) in [7, 11) is 3.18. The van der Waals surface area contributed by atoms with Crippen LogP contribution in [0.2, 0.25) is 0 Å². The number of hydrogen-bond donors (Lipinski definition) is 1. The molecule has 6 nitrogen and oxygen atoms in total. The van der Waals surface area contributed by atoms with E-state index >= 15 is 0 Å². The van der Waals surface area contributed by atoms with Gasteiger partial charge >= 0.3 is 0 Å². The molecule has 0 bridgehead atoms. The number of ether oxygens (including phenoxy) is 2. The Morgan fingerprint density at radius 1 is 1.18 bits per heavy atom. The van der Waals surface area contributed by atoms with Gasteiger partial charge in [-0.3, -0.25) is 4.79 Å². The van der Waals surface area contributed by atoms with Crippen molar-refractivity contribution in [3.05, 3.63) is 48.0 Å². The first-order valence-corrected chi connectivity index (χ1v) is 10.5. The summed E-state index contributed by atoms with van der Waals surface area (Å²) >= 11 is 2.99. The average Bonchev–Trinajstić information content (AvgIpc) is 3.15. The van der Waals surface area contributed by atoms with Gasteiger partial charge in [0.2, 0.25) is 0 Å². The van der Waals surface area contributed by atoms with Crippen molar-refractivity contribution >= 4 is 44.9 Å². The van der Waals surface area contributed by atoms with Crippen LogP contribution in [-0.4, -0.2) is 36.6 Å². The van der Waals surface area contributed by atoms with E-state index in [9.17, 15) is 4.79 Å². The van der Waals surface area contributed by atoms with Gasteiger partial charge in [0.25, 0.3) is 5.91 Å². The molecule has 1 heterocycles. The van der Waals surface area contributed by atoms with E-state index in [0.717, 1.165) is 25.8 Å². The lowest BCUT2D eigenvalue weighted by Crippen LogP contribution is -2.21. The van der Waals surface area contributed by atoms with Crippen LogP contribution in [-0.2, 0) is 4.79 Å². The highest BCUT2D eigenvalue weighted by molar-refractivity contribution is 8.01. The number of hydrogen-bond acceptors (Lipinski definition) is 7. The Hall–Kier alpha value is -2.58. The lowest BCUT2D eigenvalue weighted by atomic mass is 10.1. The zero-order chi connectivity index (χ0) is 19.9. The summed E-state index contributed by atoms with van der Waals surface area (Å²) in [5.41, 5.74) is 5.23. The molecule has 2 aromatic carbocycles. The van der Waals surface area contributed by atoms with Gasteiger partial charge in [-0.05, 0) is 36.8 Å². The minimum Gasteiger partial charge on any atom is -0.493 e. The molecule has 1 N–H and O–H groups in total. The number of fused-ring (bicyclic) bond motifs is 1. The van der Waals surface area contributed by atoms with Crippen LogP contribution >= 0.6 is 23.1 Å². The third-order valence-corrected chi connectivity index (χ3v) is 6.15. The van der Waals surface area contributed by atoms with Crippen LogP contribution in [0.1, 0.15) is 18.9 Å². The third kappa shape index (κ3) is 4.82. The summed E-state index contributed by atoms with van der Waals surface area (Å²) in [4.78, 5) is 16.7.